The number of likely N-dealkylation sites (N-methyl/N-ethyl adjacent to an activating group) is 1. The fourth-order valence-electron chi connectivity index (χ4n) is 4.71. The fraction of sp³-hybridized carbons (Fsp3) is 0.350. The number of aryl methyl sites for hydroxylation is 1. The Kier molecular flexibility index (Phi) is 3.79. The molecule has 0 saturated heterocycles. The maximum absolute atomic E-state index is 6.59. The molecule has 5 rings (SSSR count). The number of fused-ring (bicyclic) bond motifs is 7. The van der Waals surface area contributed by atoms with Gasteiger partial charge in [-0.05, 0) is 66.8 Å². The zero-order valence-electron chi connectivity index (χ0n) is 14.0. The zero-order chi connectivity index (χ0) is 17.1. The number of thiazole rings is 1. The van der Waals surface area contributed by atoms with Gasteiger partial charge in [0.2, 0.25) is 0 Å². The van der Waals surface area contributed by atoms with Crippen LogP contribution in [0.1, 0.15) is 34.6 Å². The average Bonchev–Trinajstić information content (AvgIpc) is 2.94. The minimum Gasteiger partial charge on any atom is -0.336 e. The predicted molar refractivity (Wildman–Crippen MR) is 109 cm³/mol. The van der Waals surface area contributed by atoms with Crippen LogP contribution in [0, 0.1) is 3.95 Å². The number of hydrogen-bond donors (Lipinski definition) is 1. The van der Waals surface area contributed by atoms with Gasteiger partial charge in [0.15, 0.2) is 3.95 Å². The van der Waals surface area contributed by atoms with Gasteiger partial charge in [-0.1, -0.05) is 35.9 Å². The number of nitrogens with zero attached hydrogens (tertiary/aromatic N) is 1. The summed E-state index contributed by atoms with van der Waals surface area (Å²) in [5.74, 6) is 0.397. The standard InChI is InChI=1S/C20H19ClN2S2/c1-23-9-8-12-10-14(21)18-19(25-20(24)22-18)16(12)17-13-5-3-2-4-11(13)6-7-15(17)23/h2-5,10,15,17H,6-9H2,1H3,(H,22,24)/t15-,17-/m0/s1. The molecule has 2 atom stereocenters. The normalized spacial score (nSPS) is 23.0. The van der Waals surface area contributed by atoms with Crippen molar-refractivity contribution in [3.8, 4) is 0 Å². The first kappa shape index (κ1) is 16.0. The minimum absolute atomic E-state index is 0.397. The molecular weight excluding hydrogens is 368 g/mol. The van der Waals surface area contributed by atoms with Gasteiger partial charge in [-0.2, -0.15) is 0 Å². The molecule has 0 unspecified atom stereocenters. The second kappa shape index (κ2) is 5.92. The molecule has 0 bridgehead atoms. The smallest absolute Gasteiger partial charge is 0.159 e. The van der Waals surface area contributed by atoms with Crippen LogP contribution in [0.2, 0.25) is 5.02 Å². The van der Waals surface area contributed by atoms with E-state index >= 15 is 0 Å². The van der Waals surface area contributed by atoms with Crippen LogP contribution in [-0.4, -0.2) is 29.5 Å². The third-order valence-electron chi connectivity index (χ3n) is 5.87. The Balaban J connectivity index is 1.87. The highest BCUT2D eigenvalue weighted by molar-refractivity contribution is 7.73. The van der Waals surface area contributed by atoms with Gasteiger partial charge in [0, 0.05) is 18.5 Å². The number of H-pyrrole nitrogens is 1. The van der Waals surface area contributed by atoms with Gasteiger partial charge < -0.3 is 9.88 Å². The summed E-state index contributed by atoms with van der Waals surface area (Å²) in [6, 6.07) is 11.7. The first-order valence-corrected chi connectivity index (χ1v) is 10.4. The molecule has 2 nitrogen and oxygen atoms in total. The van der Waals surface area contributed by atoms with Crippen molar-refractivity contribution in [1.29, 1.82) is 0 Å². The maximum atomic E-state index is 6.59. The van der Waals surface area contributed by atoms with Crippen molar-refractivity contribution in [1.82, 2.24) is 9.88 Å². The van der Waals surface area contributed by atoms with Crippen LogP contribution < -0.4 is 0 Å². The summed E-state index contributed by atoms with van der Waals surface area (Å²) >= 11 is 13.7. The monoisotopic (exact) mass is 386 g/mol. The lowest BCUT2D eigenvalue weighted by Crippen LogP contribution is -2.39. The number of aromatic nitrogens is 1. The highest BCUT2D eigenvalue weighted by Crippen LogP contribution is 2.47. The molecule has 2 aromatic carbocycles. The number of halogens is 1. The Morgan fingerprint density at radius 1 is 1.24 bits per heavy atom. The molecule has 2 heterocycles. The molecule has 0 radical (unpaired) electrons. The first-order valence-electron chi connectivity index (χ1n) is 8.75. The average molecular weight is 387 g/mol. The lowest BCUT2D eigenvalue weighted by atomic mass is 9.74. The highest BCUT2D eigenvalue weighted by atomic mass is 35.5. The molecule has 0 fully saturated rings. The van der Waals surface area contributed by atoms with Gasteiger partial charge in [0.05, 0.1) is 15.2 Å². The number of nitrogens with one attached hydrogen (secondary N) is 1. The quantitative estimate of drug-likeness (QED) is 0.511. The van der Waals surface area contributed by atoms with Crippen LogP contribution in [0.25, 0.3) is 10.2 Å². The van der Waals surface area contributed by atoms with Crippen molar-refractivity contribution in [3.63, 3.8) is 0 Å². The van der Waals surface area contributed by atoms with Gasteiger partial charge in [0.1, 0.15) is 0 Å². The number of hydrogen-bond acceptors (Lipinski definition) is 3. The van der Waals surface area contributed by atoms with E-state index in [1.54, 1.807) is 11.3 Å². The van der Waals surface area contributed by atoms with Gasteiger partial charge in [-0.15, -0.1) is 11.3 Å². The molecular formula is C20H19ClN2S2. The van der Waals surface area contributed by atoms with Crippen molar-refractivity contribution in [3.05, 3.63) is 61.6 Å². The predicted octanol–water partition coefficient (Wildman–Crippen LogP) is 5.55. The summed E-state index contributed by atoms with van der Waals surface area (Å²) in [6.45, 7) is 1.08. The first-order chi connectivity index (χ1) is 12.1. The van der Waals surface area contributed by atoms with Crippen LogP contribution >= 0.6 is 35.2 Å². The SMILES string of the molecule is CN1CCc2cc(Cl)c3[nH]c(=S)sc3c2[C@H]2c3ccccc3CC[C@@H]21. The molecule has 0 saturated carbocycles. The summed E-state index contributed by atoms with van der Waals surface area (Å²) in [5.41, 5.74) is 6.84. The number of benzene rings is 2. The molecule has 5 heteroatoms. The van der Waals surface area contributed by atoms with E-state index in [-0.39, 0.29) is 0 Å². The summed E-state index contributed by atoms with van der Waals surface area (Å²) in [7, 11) is 2.27. The van der Waals surface area contributed by atoms with E-state index in [0.717, 1.165) is 33.9 Å². The van der Waals surface area contributed by atoms with Crippen molar-refractivity contribution >= 4 is 45.4 Å². The minimum atomic E-state index is 0.397. The van der Waals surface area contributed by atoms with E-state index < -0.39 is 0 Å². The van der Waals surface area contributed by atoms with Crippen LogP contribution in [0.15, 0.2) is 30.3 Å². The molecule has 3 aromatic rings. The molecule has 25 heavy (non-hydrogen) atoms. The second-order valence-corrected chi connectivity index (χ2v) is 9.26. The van der Waals surface area contributed by atoms with Crippen LogP contribution in [0.4, 0.5) is 0 Å². The Bertz CT molecular complexity index is 1040. The Hall–Kier alpha value is -1.20. The number of aromatic amines is 1. The number of rotatable bonds is 0. The van der Waals surface area contributed by atoms with E-state index in [4.69, 9.17) is 23.8 Å². The van der Waals surface area contributed by atoms with Gasteiger partial charge in [0.25, 0.3) is 0 Å². The maximum Gasteiger partial charge on any atom is 0.159 e. The largest absolute Gasteiger partial charge is 0.336 e. The molecule has 1 aliphatic carbocycles. The molecule has 1 N–H and O–H groups in total. The highest BCUT2D eigenvalue weighted by Gasteiger charge is 2.37. The van der Waals surface area contributed by atoms with E-state index in [0.29, 0.717) is 12.0 Å². The zero-order valence-corrected chi connectivity index (χ0v) is 16.4. The van der Waals surface area contributed by atoms with E-state index in [2.05, 4.69) is 47.3 Å². The van der Waals surface area contributed by atoms with Gasteiger partial charge in [-0.25, -0.2) is 0 Å². The summed E-state index contributed by atoms with van der Waals surface area (Å²) in [5, 5.41) is 0.797. The Labute approximate surface area is 161 Å². The summed E-state index contributed by atoms with van der Waals surface area (Å²) in [4.78, 5) is 5.86. The molecule has 0 amide bonds. The Morgan fingerprint density at radius 3 is 2.96 bits per heavy atom. The van der Waals surface area contributed by atoms with Crippen LogP contribution in [0.3, 0.4) is 0 Å². The Morgan fingerprint density at radius 2 is 2.08 bits per heavy atom. The van der Waals surface area contributed by atoms with E-state index in [9.17, 15) is 0 Å². The molecule has 128 valence electrons. The third kappa shape index (κ3) is 2.42. The van der Waals surface area contributed by atoms with E-state index in [1.807, 2.05) is 0 Å². The molecule has 2 aliphatic rings. The van der Waals surface area contributed by atoms with Crippen LogP contribution in [0.5, 0.6) is 0 Å². The van der Waals surface area contributed by atoms with Gasteiger partial charge in [-0.3, -0.25) is 0 Å². The molecule has 1 aromatic heterocycles. The van der Waals surface area contributed by atoms with Crippen LogP contribution in [-0.2, 0) is 12.8 Å². The fourth-order valence-corrected chi connectivity index (χ4v) is 6.36. The topological polar surface area (TPSA) is 19.0 Å². The summed E-state index contributed by atoms with van der Waals surface area (Å²) < 4.78 is 2.07. The third-order valence-corrected chi connectivity index (χ3v) is 7.44. The van der Waals surface area contributed by atoms with Crippen molar-refractivity contribution in [2.24, 2.45) is 0 Å². The van der Waals surface area contributed by atoms with Gasteiger partial charge >= 0.3 is 0 Å². The molecule has 1 aliphatic heterocycles. The van der Waals surface area contributed by atoms with Crippen molar-refractivity contribution < 1.29 is 0 Å². The lowest BCUT2D eigenvalue weighted by molar-refractivity contribution is 0.214. The van der Waals surface area contributed by atoms with E-state index in [1.165, 1.54) is 33.4 Å². The lowest BCUT2D eigenvalue weighted by Gasteiger charge is -2.38. The van der Waals surface area contributed by atoms with Crippen molar-refractivity contribution in [2.75, 3.05) is 13.6 Å². The second-order valence-electron chi connectivity index (χ2n) is 7.16. The summed E-state index contributed by atoms with van der Waals surface area (Å²) in [6.07, 6.45) is 3.41. The van der Waals surface area contributed by atoms with Crippen molar-refractivity contribution in [2.45, 2.75) is 31.2 Å². The molecule has 0 spiro atoms.